The topological polar surface area (TPSA) is 43.7 Å². The molecule has 144 valence electrons. The summed E-state index contributed by atoms with van der Waals surface area (Å²) in [6, 6.07) is 11.6. The monoisotopic (exact) mass is 420 g/mol. The molecule has 0 atom stereocenters. The van der Waals surface area contributed by atoms with E-state index in [-0.39, 0.29) is 0 Å². The third-order valence-corrected chi connectivity index (χ3v) is 7.07. The van der Waals surface area contributed by atoms with Gasteiger partial charge < -0.3 is 9.47 Å². The van der Waals surface area contributed by atoms with Crippen LogP contribution in [0.25, 0.3) is 0 Å². The van der Waals surface area contributed by atoms with Crippen molar-refractivity contribution in [1.29, 1.82) is 0 Å². The third kappa shape index (κ3) is 7.68. The van der Waals surface area contributed by atoms with Crippen molar-refractivity contribution in [1.82, 2.24) is 4.98 Å². The van der Waals surface area contributed by atoms with Gasteiger partial charge in [0.2, 0.25) is 0 Å². The fourth-order valence-corrected chi connectivity index (χ4v) is 5.27. The largest absolute Gasteiger partial charge is 0.489 e. The van der Waals surface area contributed by atoms with E-state index in [9.17, 15) is 0 Å². The van der Waals surface area contributed by atoms with Gasteiger partial charge in [0.1, 0.15) is 0 Å². The van der Waals surface area contributed by atoms with Crippen molar-refractivity contribution < 1.29 is 9.47 Å². The van der Waals surface area contributed by atoms with Crippen LogP contribution in [0.2, 0.25) is 0 Å². The van der Waals surface area contributed by atoms with Gasteiger partial charge in [-0.15, -0.1) is 0 Å². The van der Waals surface area contributed by atoms with Crippen LogP contribution in [0.1, 0.15) is 5.69 Å². The van der Waals surface area contributed by atoms with Crippen molar-refractivity contribution >= 4 is 47.2 Å². The summed E-state index contributed by atoms with van der Waals surface area (Å²) in [6.07, 6.45) is 3.53. The van der Waals surface area contributed by atoms with Crippen LogP contribution >= 0.6 is 35.3 Å². The van der Waals surface area contributed by atoms with Crippen LogP contribution in [0.3, 0.4) is 0 Å². The van der Waals surface area contributed by atoms with E-state index in [1.807, 2.05) is 71.7 Å². The molecule has 0 unspecified atom stereocenters. The second-order valence-corrected chi connectivity index (χ2v) is 9.35. The quantitative estimate of drug-likeness (QED) is 0.650. The minimum atomic E-state index is 0.674. The van der Waals surface area contributed by atoms with Gasteiger partial charge in [-0.25, -0.2) is 0 Å². The van der Waals surface area contributed by atoms with Gasteiger partial charge in [0.15, 0.2) is 11.5 Å². The van der Waals surface area contributed by atoms with Crippen LogP contribution in [0, 0.1) is 0 Å². The number of aliphatic imine (C=N–C) groups is 1. The van der Waals surface area contributed by atoms with Crippen molar-refractivity contribution in [2.24, 2.45) is 4.99 Å². The van der Waals surface area contributed by atoms with Crippen LogP contribution in [0.4, 0.5) is 5.69 Å². The number of hydrogen-bond acceptors (Lipinski definition) is 7. The summed E-state index contributed by atoms with van der Waals surface area (Å²) in [4.78, 5) is 8.78. The fourth-order valence-electron chi connectivity index (χ4n) is 2.37. The Hall–Kier alpha value is -1.31. The van der Waals surface area contributed by atoms with Gasteiger partial charge >= 0.3 is 0 Å². The second-order valence-electron chi connectivity index (χ2n) is 5.68. The molecule has 1 aliphatic heterocycles. The van der Waals surface area contributed by atoms with Crippen molar-refractivity contribution in [2.75, 3.05) is 47.7 Å². The summed E-state index contributed by atoms with van der Waals surface area (Å²) in [5.41, 5.74) is 1.66. The molecule has 0 saturated carbocycles. The van der Waals surface area contributed by atoms with Crippen molar-refractivity contribution in [2.45, 2.75) is 0 Å². The highest BCUT2D eigenvalue weighted by atomic mass is 32.2. The normalized spacial score (nSPS) is 17.2. The number of thioether (sulfide) groups is 3. The lowest BCUT2D eigenvalue weighted by molar-refractivity contribution is 0.291. The summed E-state index contributed by atoms with van der Waals surface area (Å²) < 4.78 is 12.0. The maximum Gasteiger partial charge on any atom is 0.163 e. The molecule has 2 heterocycles. The molecule has 0 spiro atoms. The van der Waals surface area contributed by atoms with Gasteiger partial charge in [-0.3, -0.25) is 9.98 Å². The van der Waals surface area contributed by atoms with Gasteiger partial charge in [0.25, 0.3) is 0 Å². The van der Waals surface area contributed by atoms with Crippen LogP contribution < -0.4 is 9.47 Å². The highest BCUT2D eigenvalue weighted by Gasteiger charge is 2.08. The molecule has 0 fully saturated rings. The van der Waals surface area contributed by atoms with E-state index in [4.69, 9.17) is 9.47 Å². The molecule has 1 aromatic carbocycles. The molecule has 2 aromatic rings. The molecule has 0 N–H and O–H groups in total. The first-order chi connectivity index (χ1) is 13.4. The average Bonchev–Trinajstić information content (AvgIpc) is 2.72. The summed E-state index contributed by atoms with van der Waals surface area (Å²) in [6.45, 7) is 1.37. The van der Waals surface area contributed by atoms with E-state index >= 15 is 0 Å². The summed E-state index contributed by atoms with van der Waals surface area (Å²) in [7, 11) is 0. The number of fused-ring (bicyclic) bond motifs is 1. The first-order valence-corrected chi connectivity index (χ1v) is 12.5. The Morgan fingerprint density at radius 2 is 1.52 bits per heavy atom. The van der Waals surface area contributed by atoms with Crippen LogP contribution in [0.5, 0.6) is 11.5 Å². The highest BCUT2D eigenvalue weighted by Crippen LogP contribution is 2.32. The number of aromatic nitrogens is 1. The van der Waals surface area contributed by atoms with Crippen molar-refractivity contribution in [3.63, 3.8) is 0 Å². The zero-order valence-corrected chi connectivity index (χ0v) is 17.7. The molecule has 3 rings (SSSR count). The number of nitrogens with zero attached hydrogens (tertiary/aromatic N) is 2. The SMILES string of the molecule is C(=Nc1ccc2c(c1)OCCSCCSCCSCCO2)c1ccccn1. The predicted octanol–water partition coefficient (Wildman–Crippen LogP) is 4.80. The molecule has 0 aliphatic carbocycles. The lowest BCUT2D eigenvalue weighted by Crippen LogP contribution is -2.05. The molecule has 0 radical (unpaired) electrons. The van der Waals surface area contributed by atoms with Gasteiger partial charge in [0, 0.05) is 46.8 Å². The highest BCUT2D eigenvalue weighted by molar-refractivity contribution is 8.04. The molecule has 7 heteroatoms. The fraction of sp³-hybridized carbons (Fsp3) is 0.400. The Bertz CT molecular complexity index is 714. The maximum absolute atomic E-state index is 6.01. The first-order valence-electron chi connectivity index (χ1n) is 9.00. The van der Waals surface area contributed by atoms with Gasteiger partial charge in [-0.2, -0.15) is 35.3 Å². The van der Waals surface area contributed by atoms with Crippen molar-refractivity contribution in [3.8, 4) is 11.5 Å². The molecule has 0 bridgehead atoms. The number of benzene rings is 1. The number of ether oxygens (including phenoxy) is 2. The van der Waals surface area contributed by atoms with Crippen LogP contribution in [-0.2, 0) is 0 Å². The van der Waals surface area contributed by atoms with Gasteiger partial charge in [0.05, 0.1) is 30.8 Å². The number of rotatable bonds is 2. The summed E-state index contributed by atoms with van der Waals surface area (Å²) >= 11 is 5.92. The summed E-state index contributed by atoms with van der Waals surface area (Å²) in [5.74, 6) is 8.33. The van der Waals surface area contributed by atoms with E-state index in [0.29, 0.717) is 13.2 Å². The van der Waals surface area contributed by atoms with Crippen LogP contribution in [0.15, 0.2) is 47.6 Å². The minimum Gasteiger partial charge on any atom is -0.489 e. The Labute approximate surface area is 173 Å². The van der Waals surface area contributed by atoms with E-state index in [1.54, 1.807) is 12.4 Å². The van der Waals surface area contributed by atoms with Gasteiger partial charge in [-0.1, -0.05) is 6.07 Å². The Morgan fingerprint density at radius 3 is 2.22 bits per heavy atom. The molecule has 1 aromatic heterocycles. The number of hydrogen-bond donors (Lipinski definition) is 0. The molecule has 4 nitrogen and oxygen atoms in total. The standard InChI is InChI=1S/C20H24N2O2S3/c1-2-6-21-18(3-1)16-22-17-4-5-19-20(15-17)24-8-10-26-12-14-27-13-11-25-9-7-23-19/h1-6,15-16H,7-14H2. The average molecular weight is 421 g/mol. The van der Waals surface area contributed by atoms with E-state index in [1.165, 1.54) is 23.0 Å². The first kappa shape index (κ1) is 20.4. The minimum absolute atomic E-state index is 0.674. The van der Waals surface area contributed by atoms with Crippen LogP contribution in [-0.4, -0.2) is 58.9 Å². The molecule has 0 amide bonds. The summed E-state index contributed by atoms with van der Waals surface area (Å²) in [5, 5.41) is 0. The zero-order chi connectivity index (χ0) is 18.6. The van der Waals surface area contributed by atoms with Crippen molar-refractivity contribution in [3.05, 3.63) is 48.3 Å². The molecule has 1 aliphatic rings. The van der Waals surface area contributed by atoms with Gasteiger partial charge in [-0.05, 0) is 24.3 Å². The lowest BCUT2D eigenvalue weighted by Gasteiger charge is -2.13. The molecular weight excluding hydrogens is 396 g/mol. The maximum atomic E-state index is 6.01. The smallest absolute Gasteiger partial charge is 0.163 e. The zero-order valence-electron chi connectivity index (χ0n) is 15.2. The predicted molar refractivity (Wildman–Crippen MR) is 121 cm³/mol. The third-order valence-electron chi connectivity index (χ3n) is 3.68. The van der Waals surface area contributed by atoms with E-state index < -0.39 is 0 Å². The Balaban J connectivity index is 1.67. The molecule has 0 saturated heterocycles. The number of pyridine rings is 1. The molecular formula is C20H24N2O2S3. The molecule has 27 heavy (non-hydrogen) atoms. The Morgan fingerprint density at radius 1 is 0.815 bits per heavy atom. The Kier molecular flexibility index (Phi) is 9.24. The second kappa shape index (κ2) is 12.2. The lowest BCUT2D eigenvalue weighted by atomic mass is 10.2. The van der Waals surface area contributed by atoms with E-state index in [2.05, 4.69) is 9.98 Å². The van der Waals surface area contributed by atoms with E-state index in [0.717, 1.165) is 34.4 Å².